The summed E-state index contributed by atoms with van der Waals surface area (Å²) < 4.78 is 30.0. The van der Waals surface area contributed by atoms with Crippen molar-refractivity contribution in [1.29, 1.82) is 0 Å². The van der Waals surface area contributed by atoms with E-state index in [0.717, 1.165) is 5.69 Å². The number of amides is 2. The molecule has 0 aliphatic rings. The lowest BCUT2D eigenvalue weighted by Gasteiger charge is -2.16. The Morgan fingerprint density at radius 1 is 0.972 bits per heavy atom. The van der Waals surface area contributed by atoms with Crippen molar-refractivity contribution in [2.45, 2.75) is 26.5 Å². The first kappa shape index (κ1) is 27.3. The summed E-state index contributed by atoms with van der Waals surface area (Å²) >= 11 is 2.68. The molecule has 2 aromatic carbocycles. The van der Waals surface area contributed by atoms with Gasteiger partial charge in [-0.15, -0.1) is 23.1 Å². The number of benzene rings is 2. The normalized spacial score (nSPS) is 10.6. The Labute approximate surface area is 217 Å². The molecule has 2 amide bonds. The summed E-state index contributed by atoms with van der Waals surface area (Å²) in [5.74, 6) is 1.14. The molecule has 0 spiro atoms. The Morgan fingerprint density at radius 3 is 2.22 bits per heavy atom. The van der Waals surface area contributed by atoms with E-state index in [1.54, 1.807) is 12.1 Å². The van der Waals surface area contributed by atoms with Gasteiger partial charge >= 0.3 is 0 Å². The molecule has 0 atom stereocenters. The fraction of sp³-hybridized carbons (Fsp3) is 0.320. The van der Waals surface area contributed by atoms with Gasteiger partial charge in [0.2, 0.25) is 11.7 Å². The van der Waals surface area contributed by atoms with Crippen LogP contribution in [0.3, 0.4) is 0 Å². The van der Waals surface area contributed by atoms with Gasteiger partial charge in [-0.1, -0.05) is 0 Å². The largest absolute Gasteiger partial charge is 0.490 e. The van der Waals surface area contributed by atoms with E-state index in [2.05, 4.69) is 15.6 Å². The fourth-order valence-electron chi connectivity index (χ4n) is 3.10. The minimum Gasteiger partial charge on any atom is -0.490 e. The molecule has 11 heteroatoms. The van der Waals surface area contributed by atoms with Gasteiger partial charge in [0.1, 0.15) is 5.82 Å². The predicted molar refractivity (Wildman–Crippen MR) is 141 cm³/mol. The van der Waals surface area contributed by atoms with Crippen LogP contribution in [-0.2, 0) is 10.5 Å². The average molecular weight is 534 g/mol. The van der Waals surface area contributed by atoms with Crippen molar-refractivity contribution >= 4 is 45.7 Å². The Hall–Kier alpha value is -3.31. The molecule has 0 saturated heterocycles. The molecule has 0 unspecified atom stereocenters. The Balaban J connectivity index is 1.58. The second-order valence-electron chi connectivity index (χ2n) is 7.25. The van der Waals surface area contributed by atoms with E-state index in [1.165, 1.54) is 47.4 Å². The Bertz CT molecular complexity index is 1140. The van der Waals surface area contributed by atoms with Crippen LogP contribution < -0.4 is 24.8 Å². The van der Waals surface area contributed by atoms with E-state index >= 15 is 0 Å². The molecule has 0 saturated carbocycles. The van der Waals surface area contributed by atoms with Gasteiger partial charge in [-0.05, 0) is 57.2 Å². The van der Waals surface area contributed by atoms with Crippen LogP contribution in [0, 0.1) is 5.82 Å². The molecule has 192 valence electrons. The molecule has 8 nitrogen and oxygen atoms in total. The quantitative estimate of drug-likeness (QED) is 0.295. The molecule has 0 fully saturated rings. The Morgan fingerprint density at radius 2 is 1.61 bits per heavy atom. The highest BCUT2D eigenvalue weighted by Crippen LogP contribution is 2.39. The zero-order valence-corrected chi connectivity index (χ0v) is 21.9. The van der Waals surface area contributed by atoms with Gasteiger partial charge in [0, 0.05) is 22.4 Å². The monoisotopic (exact) mass is 533 g/mol. The standard InChI is InChI=1S/C25H28FN3O5S2/c1-4-32-20-11-16(12-21(33-5-2)23(20)34-6-3)24(31)29-25-28-19(14-36-25)13-35-15-22(30)27-18-9-7-17(26)8-10-18/h7-12,14H,4-6,13,15H2,1-3H3,(H,27,30)(H,28,29,31). The molecular weight excluding hydrogens is 505 g/mol. The number of hydrogen-bond acceptors (Lipinski definition) is 8. The number of halogens is 1. The number of ether oxygens (including phenoxy) is 3. The molecule has 3 aromatic rings. The highest BCUT2D eigenvalue weighted by molar-refractivity contribution is 7.99. The van der Waals surface area contributed by atoms with Gasteiger partial charge in [0.05, 0.1) is 31.3 Å². The topological polar surface area (TPSA) is 98.8 Å². The number of aromatic nitrogens is 1. The first-order valence-electron chi connectivity index (χ1n) is 11.4. The molecule has 0 radical (unpaired) electrons. The molecule has 3 rings (SSSR count). The van der Waals surface area contributed by atoms with Crippen molar-refractivity contribution in [3.63, 3.8) is 0 Å². The number of anilines is 2. The molecule has 0 aliphatic carbocycles. The summed E-state index contributed by atoms with van der Waals surface area (Å²) in [5, 5.41) is 7.79. The minimum atomic E-state index is -0.360. The number of thiazole rings is 1. The summed E-state index contributed by atoms with van der Waals surface area (Å²) in [6.07, 6.45) is 0. The van der Waals surface area contributed by atoms with Gasteiger partial charge in [-0.25, -0.2) is 9.37 Å². The maximum Gasteiger partial charge on any atom is 0.257 e. The summed E-state index contributed by atoms with van der Waals surface area (Å²) in [6, 6.07) is 8.83. The number of nitrogens with one attached hydrogen (secondary N) is 2. The van der Waals surface area contributed by atoms with Crippen LogP contribution in [0.2, 0.25) is 0 Å². The molecule has 1 aromatic heterocycles. The Kier molecular flexibility index (Phi) is 10.4. The van der Waals surface area contributed by atoms with Crippen LogP contribution in [0.4, 0.5) is 15.2 Å². The second kappa shape index (κ2) is 13.7. The van der Waals surface area contributed by atoms with E-state index < -0.39 is 0 Å². The van der Waals surface area contributed by atoms with Crippen LogP contribution in [-0.4, -0.2) is 42.4 Å². The van der Waals surface area contributed by atoms with Gasteiger partial charge < -0.3 is 19.5 Å². The minimum absolute atomic E-state index is 0.193. The van der Waals surface area contributed by atoms with Gasteiger partial charge in [0.25, 0.3) is 5.91 Å². The highest BCUT2D eigenvalue weighted by Gasteiger charge is 2.19. The summed E-state index contributed by atoms with van der Waals surface area (Å²) in [5.41, 5.74) is 1.63. The lowest BCUT2D eigenvalue weighted by Crippen LogP contribution is -2.14. The number of nitrogens with zero attached hydrogens (tertiary/aromatic N) is 1. The zero-order valence-electron chi connectivity index (χ0n) is 20.3. The van der Waals surface area contributed by atoms with Crippen molar-refractivity contribution in [2.75, 3.05) is 36.2 Å². The van der Waals surface area contributed by atoms with Crippen LogP contribution in [0.5, 0.6) is 17.2 Å². The fourth-order valence-corrected chi connectivity index (χ4v) is 4.63. The lowest BCUT2D eigenvalue weighted by molar-refractivity contribution is -0.113. The summed E-state index contributed by atoms with van der Waals surface area (Å²) in [4.78, 5) is 29.4. The van der Waals surface area contributed by atoms with Crippen molar-refractivity contribution < 1.29 is 28.2 Å². The van der Waals surface area contributed by atoms with E-state index in [1.807, 2.05) is 26.2 Å². The van der Waals surface area contributed by atoms with E-state index in [4.69, 9.17) is 14.2 Å². The van der Waals surface area contributed by atoms with Crippen LogP contribution >= 0.6 is 23.1 Å². The van der Waals surface area contributed by atoms with Crippen LogP contribution in [0.1, 0.15) is 36.8 Å². The van der Waals surface area contributed by atoms with Gasteiger partial charge in [-0.3, -0.25) is 14.9 Å². The van der Waals surface area contributed by atoms with Gasteiger partial charge in [-0.2, -0.15) is 0 Å². The molecule has 2 N–H and O–H groups in total. The maximum atomic E-state index is 13.0. The number of hydrogen-bond donors (Lipinski definition) is 2. The molecule has 0 bridgehead atoms. The first-order chi connectivity index (χ1) is 17.4. The third-order valence-corrected chi connectivity index (χ3v) is 6.33. The van der Waals surface area contributed by atoms with Crippen molar-refractivity contribution in [3.05, 3.63) is 58.9 Å². The van der Waals surface area contributed by atoms with E-state index in [0.29, 0.717) is 59.2 Å². The first-order valence-corrected chi connectivity index (χ1v) is 13.4. The van der Waals surface area contributed by atoms with E-state index in [-0.39, 0.29) is 23.4 Å². The van der Waals surface area contributed by atoms with Crippen LogP contribution in [0.25, 0.3) is 0 Å². The lowest BCUT2D eigenvalue weighted by atomic mass is 10.1. The second-order valence-corrected chi connectivity index (χ2v) is 9.09. The molecule has 36 heavy (non-hydrogen) atoms. The number of carbonyl (C=O) groups is 2. The SMILES string of the molecule is CCOc1cc(C(=O)Nc2nc(CSCC(=O)Nc3ccc(F)cc3)cs2)cc(OCC)c1OCC. The maximum absolute atomic E-state index is 13.0. The van der Waals surface area contributed by atoms with Crippen molar-refractivity contribution in [1.82, 2.24) is 4.98 Å². The third-order valence-electron chi connectivity index (χ3n) is 4.55. The predicted octanol–water partition coefficient (Wildman–Crippen LogP) is 5.60. The molecular formula is C25H28FN3O5S2. The summed E-state index contributed by atoms with van der Waals surface area (Å²) in [6.45, 7) is 6.81. The zero-order chi connectivity index (χ0) is 25.9. The summed E-state index contributed by atoms with van der Waals surface area (Å²) in [7, 11) is 0. The third kappa shape index (κ3) is 7.85. The number of carbonyl (C=O) groups excluding carboxylic acids is 2. The van der Waals surface area contributed by atoms with Gasteiger partial charge in [0.15, 0.2) is 16.6 Å². The van der Waals surface area contributed by atoms with E-state index in [9.17, 15) is 14.0 Å². The smallest absolute Gasteiger partial charge is 0.257 e. The van der Waals surface area contributed by atoms with Crippen molar-refractivity contribution in [3.8, 4) is 17.2 Å². The number of rotatable bonds is 13. The molecule has 0 aliphatic heterocycles. The molecule has 1 heterocycles. The highest BCUT2D eigenvalue weighted by atomic mass is 32.2. The van der Waals surface area contributed by atoms with Crippen LogP contribution in [0.15, 0.2) is 41.8 Å². The average Bonchev–Trinajstić information content (AvgIpc) is 3.29. The number of thioether (sulfide) groups is 1. The van der Waals surface area contributed by atoms with Crippen molar-refractivity contribution in [2.24, 2.45) is 0 Å².